The average Bonchev–Trinajstić information content (AvgIpc) is 3.23. The monoisotopic (exact) mass is 418 g/mol. The smallest absolute Gasteiger partial charge is 0.257 e. The van der Waals surface area contributed by atoms with Crippen molar-refractivity contribution in [3.63, 3.8) is 0 Å². The molecule has 2 N–H and O–H groups in total. The Labute approximate surface area is 181 Å². The fourth-order valence-electron chi connectivity index (χ4n) is 3.89. The number of hydrogen-bond acceptors (Lipinski definition) is 5. The maximum atomic E-state index is 12.8. The first kappa shape index (κ1) is 20.7. The van der Waals surface area contributed by atoms with Crippen LogP contribution in [0.3, 0.4) is 0 Å². The largest absolute Gasteiger partial charge is 0.348 e. The molecule has 0 radical (unpaired) electrons. The van der Waals surface area contributed by atoms with Gasteiger partial charge in [0.05, 0.1) is 23.0 Å². The number of aryl methyl sites for hydroxylation is 2. The van der Waals surface area contributed by atoms with Crippen molar-refractivity contribution in [1.29, 1.82) is 0 Å². The number of amides is 2. The predicted molar refractivity (Wildman–Crippen MR) is 116 cm³/mol. The third-order valence-electron chi connectivity index (χ3n) is 5.67. The number of piperidine rings is 1. The second-order valence-corrected chi connectivity index (χ2v) is 7.89. The van der Waals surface area contributed by atoms with Gasteiger partial charge < -0.3 is 10.2 Å². The Morgan fingerprint density at radius 2 is 1.97 bits per heavy atom. The van der Waals surface area contributed by atoms with Crippen LogP contribution < -0.4 is 5.32 Å². The molecule has 8 heteroatoms. The molecule has 1 atom stereocenters. The van der Waals surface area contributed by atoms with Crippen molar-refractivity contribution in [2.45, 2.75) is 39.2 Å². The molecule has 1 unspecified atom stereocenters. The van der Waals surface area contributed by atoms with E-state index in [0.29, 0.717) is 42.3 Å². The molecule has 1 aromatic carbocycles. The molecule has 2 aromatic heterocycles. The Morgan fingerprint density at radius 1 is 1.16 bits per heavy atom. The molecule has 3 heterocycles. The van der Waals surface area contributed by atoms with Gasteiger partial charge in [-0.1, -0.05) is 30.3 Å². The van der Waals surface area contributed by atoms with Crippen molar-refractivity contribution < 1.29 is 9.59 Å². The van der Waals surface area contributed by atoms with Gasteiger partial charge in [0.25, 0.3) is 11.8 Å². The Hall–Kier alpha value is -3.55. The van der Waals surface area contributed by atoms with Gasteiger partial charge in [-0.05, 0) is 32.3 Å². The SMILES string of the molecule is Cc1nc(C2CCCN(C(=O)c3cn[nH]c3C)C2)ncc1C(=O)NCc1ccccc1. The van der Waals surface area contributed by atoms with Crippen LogP contribution in [0.5, 0.6) is 0 Å². The zero-order valence-corrected chi connectivity index (χ0v) is 17.8. The van der Waals surface area contributed by atoms with Gasteiger partial charge in [0.2, 0.25) is 0 Å². The first-order valence-electron chi connectivity index (χ1n) is 10.5. The van der Waals surface area contributed by atoms with E-state index < -0.39 is 0 Å². The standard InChI is InChI=1S/C23H26N6O2/c1-15-19(22(30)25-11-17-7-4-3-5-8-17)12-24-21(27-15)18-9-6-10-29(14-18)23(31)20-13-26-28-16(20)2/h3-5,7-8,12-13,18H,6,9-11,14H2,1-2H3,(H,25,30)(H,26,28). The van der Waals surface area contributed by atoms with Crippen molar-refractivity contribution >= 4 is 11.8 Å². The number of nitrogens with one attached hydrogen (secondary N) is 2. The topological polar surface area (TPSA) is 104 Å². The number of aromatic amines is 1. The van der Waals surface area contributed by atoms with Crippen LogP contribution in [0.4, 0.5) is 0 Å². The average molecular weight is 419 g/mol. The van der Waals surface area contributed by atoms with Gasteiger partial charge in [-0.15, -0.1) is 0 Å². The summed E-state index contributed by atoms with van der Waals surface area (Å²) in [7, 11) is 0. The van der Waals surface area contributed by atoms with E-state index in [1.807, 2.05) is 49.1 Å². The molecule has 2 amide bonds. The quantitative estimate of drug-likeness (QED) is 0.663. The molecule has 0 aliphatic carbocycles. The van der Waals surface area contributed by atoms with Gasteiger partial charge >= 0.3 is 0 Å². The lowest BCUT2D eigenvalue weighted by Gasteiger charge is -2.32. The summed E-state index contributed by atoms with van der Waals surface area (Å²) in [6.45, 7) is 5.38. The van der Waals surface area contributed by atoms with E-state index in [2.05, 4.69) is 25.5 Å². The predicted octanol–water partition coefficient (Wildman–Crippen LogP) is 2.77. The molecule has 4 rings (SSSR count). The van der Waals surface area contributed by atoms with Gasteiger partial charge in [0, 0.05) is 37.4 Å². The molecule has 8 nitrogen and oxygen atoms in total. The summed E-state index contributed by atoms with van der Waals surface area (Å²) in [6, 6.07) is 9.76. The van der Waals surface area contributed by atoms with E-state index in [1.165, 1.54) is 0 Å². The number of nitrogens with zero attached hydrogens (tertiary/aromatic N) is 4. The van der Waals surface area contributed by atoms with Gasteiger partial charge in [-0.25, -0.2) is 9.97 Å². The number of rotatable bonds is 5. The molecule has 1 aliphatic heterocycles. The number of hydrogen-bond donors (Lipinski definition) is 2. The van der Waals surface area contributed by atoms with Crippen LogP contribution in [-0.2, 0) is 6.54 Å². The maximum absolute atomic E-state index is 12.8. The zero-order chi connectivity index (χ0) is 21.8. The first-order chi connectivity index (χ1) is 15.0. The van der Waals surface area contributed by atoms with Crippen LogP contribution in [0.15, 0.2) is 42.7 Å². The fraction of sp³-hybridized carbons (Fsp3) is 0.348. The third-order valence-corrected chi connectivity index (χ3v) is 5.67. The highest BCUT2D eigenvalue weighted by Gasteiger charge is 2.28. The van der Waals surface area contributed by atoms with Crippen molar-refractivity contribution in [3.8, 4) is 0 Å². The maximum Gasteiger partial charge on any atom is 0.257 e. The molecule has 1 saturated heterocycles. The van der Waals surface area contributed by atoms with Crippen molar-refractivity contribution in [2.24, 2.45) is 0 Å². The molecule has 0 saturated carbocycles. The summed E-state index contributed by atoms with van der Waals surface area (Å²) in [5.41, 5.74) is 3.52. The van der Waals surface area contributed by atoms with E-state index in [-0.39, 0.29) is 17.7 Å². The van der Waals surface area contributed by atoms with Gasteiger partial charge in [0.15, 0.2) is 0 Å². The van der Waals surface area contributed by atoms with E-state index in [4.69, 9.17) is 0 Å². The number of aromatic nitrogens is 4. The molecule has 1 fully saturated rings. The number of benzene rings is 1. The lowest BCUT2D eigenvalue weighted by atomic mass is 9.96. The highest BCUT2D eigenvalue weighted by molar-refractivity contribution is 5.95. The van der Waals surface area contributed by atoms with Crippen molar-refractivity contribution in [1.82, 2.24) is 30.4 Å². The minimum absolute atomic E-state index is 0.0235. The molecule has 3 aromatic rings. The number of H-pyrrole nitrogens is 1. The van der Waals surface area contributed by atoms with E-state index in [9.17, 15) is 9.59 Å². The van der Waals surface area contributed by atoms with Gasteiger partial charge in [-0.2, -0.15) is 5.10 Å². The Balaban J connectivity index is 1.43. The Morgan fingerprint density at radius 3 is 2.68 bits per heavy atom. The molecule has 0 spiro atoms. The normalized spacial score (nSPS) is 16.2. The first-order valence-corrected chi connectivity index (χ1v) is 10.5. The van der Waals surface area contributed by atoms with Gasteiger partial charge in [0.1, 0.15) is 5.82 Å². The molecule has 31 heavy (non-hydrogen) atoms. The lowest BCUT2D eigenvalue weighted by Crippen LogP contribution is -2.39. The Kier molecular flexibility index (Phi) is 6.06. The fourth-order valence-corrected chi connectivity index (χ4v) is 3.89. The second-order valence-electron chi connectivity index (χ2n) is 7.89. The van der Waals surface area contributed by atoms with Crippen LogP contribution in [-0.4, -0.2) is 50.0 Å². The van der Waals surface area contributed by atoms with Crippen LogP contribution in [0.2, 0.25) is 0 Å². The summed E-state index contributed by atoms with van der Waals surface area (Å²) in [4.78, 5) is 36.4. The molecular weight excluding hydrogens is 392 g/mol. The highest BCUT2D eigenvalue weighted by Crippen LogP contribution is 2.26. The van der Waals surface area contributed by atoms with Crippen LogP contribution in [0.25, 0.3) is 0 Å². The summed E-state index contributed by atoms with van der Waals surface area (Å²) in [5.74, 6) is 0.511. The highest BCUT2D eigenvalue weighted by atomic mass is 16.2. The molecule has 160 valence electrons. The van der Waals surface area contributed by atoms with Crippen LogP contribution in [0, 0.1) is 13.8 Å². The summed E-state index contributed by atoms with van der Waals surface area (Å²) in [6.07, 6.45) is 4.96. The van der Waals surface area contributed by atoms with Crippen molar-refractivity contribution in [3.05, 3.63) is 76.6 Å². The second kappa shape index (κ2) is 9.07. The molecular formula is C23H26N6O2. The summed E-state index contributed by atoms with van der Waals surface area (Å²) < 4.78 is 0. The minimum atomic E-state index is -0.191. The molecule has 0 bridgehead atoms. The Bertz CT molecular complexity index is 1080. The minimum Gasteiger partial charge on any atom is -0.348 e. The van der Waals surface area contributed by atoms with E-state index >= 15 is 0 Å². The summed E-state index contributed by atoms with van der Waals surface area (Å²) in [5, 5.41) is 9.69. The summed E-state index contributed by atoms with van der Waals surface area (Å²) >= 11 is 0. The van der Waals surface area contributed by atoms with E-state index in [1.54, 1.807) is 12.4 Å². The lowest BCUT2D eigenvalue weighted by molar-refractivity contribution is 0.0703. The number of carbonyl (C=O) groups is 2. The molecule has 1 aliphatic rings. The number of carbonyl (C=O) groups excluding carboxylic acids is 2. The number of likely N-dealkylation sites (tertiary alicyclic amines) is 1. The third kappa shape index (κ3) is 4.63. The van der Waals surface area contributed by atoms with Crippen LogP contribution >= 0.6 is 0 Å². The zero-order valence-electron chi connectivity index (χ0n) is 17.8. The van der Waals surface area contributed by atoms with Crippen LogP contribution in [0.1, 0.15) is 62.3 Å². The van der Waals surface area contributed by atoms with E-state index in [0.717, 1.165) is 24.1 Å². The van der Waals surface area contributed by atoms with Gasteiger partial charge in [-0.3, -0.25) is 14.7 Å². The van der Waals surface area contributed by atoms with Crippen molar-refractivity contribution in [2.75, 3.05) is 13.1 Å².